The van der Waals surface area contributed by atoms with E-state index < -0.39 is 10.0 Å². The summed E-state index contributed by atoms with van der Waals surface area (Å²) in [5, 5.41) is 3.45. The molecular formula is C18H37IN4O2S. The summed E-state index contributed by atoms with van der Waals surface area (Å²) >= 11 is 0. The minimum atomic E-state index is -3.04. The number of sulfonamides is 1. The fourth-order valence-corrected chi connectivity index (χ4v) is 4.88. The molecule has 0 unspecified atom stereocenters. The zero-order valence-corrected chi connectivity index (χ0v) is 20.0. The number of piperidine rings is 1. The standard InChI is InChI=1S/C18H36N4O2S.HI/c1-5-18(6-2)10-13-21(15-18)17(19-7-3)20-14-16-8-11-22(12-9-16)25(4,23)24;/h16H,5-15H2,1-4H3,(H,19,20);1H. The molecule has 0 aromatic rings. The van der Waals surface area contributed by atoms with Gasteiger partial charge in [-0.2, -0.15) is 0 Å². The van der Waals surface area contributed by atoms with Gasteiger partial charge in [-0.05, 0) is 50.4 Å². The van der Waals surface area contributed by atoms with Gasteiger partial charge in [-0.25, -0.2) is 12.7 Å². The van der Waals surface area contributed by atoms with Crippen LogP contribution >= 0.6 is 24.0 Å². The summed E-state index contributed by atoms with van der Waals surface area (Å²) in [7, 11) is -3.04. The molecule has 154 valence electrons. The molecule has 0 aromatic heterocycles. The first-order valence-electron chi connectivity index (χ1n) is 9.82. The molecule has 0 amide bonds. The molecule has 2 rings (SSSR count). The van der Waals surface area contributed by atoms with Crippen LogP contribution in [0.3, 0.4) is 0 Å². The van der Waals surface area contributed by atoms with Gasteiger partial charge in [0, 0.05) is 39.3 Å². The highest BCUT2D eigenvalue weighted by molar-refractivity contribution is 14.0. The molecule has 0 spiro atoms. The van der Waals surface area contributed by atoms with E-state index in [4.69, 9.17) is 4.99 Å². The summed E-state index contributed by atoms with van der Waals surface area (Å²) in [5.41, 5.74) is 0.441. The van der Waals surface area contributed by atoms with E-state index in [9.17, 15) is 8.42 Å². The molecule has 0 aromatic carbocycles. The van der Waals surface area contributed by atoms with Crippen molar-refractivity contribution in [3.63, 3.8) is 0 Å². The van der Waals surface area contributed by atoms with Gasteiger partial charge in [0.15, 0.2) is 5.96 Å². The lowest BCUT2D eigenvalue weighted by molar-refractivity contribution is 0.272. The van der Waals surface area contributed by atoms with Crippen molar-refractivity contribution >= 4 is 40.0 Å². The number of nitrogens with zero attached hydrogens (tertiary/aromatic N) is 3. The summed E-state index contributed by atoms with van der Waals surface area (Å²) in [4.78, 5) is 7.32. The van der Waals surface area contributed by atoms with Crippen molar-refractivity contribution in [2.45, 2.75) is 52.9 Å². The van der Waals surface area contributed by atoms with Crippen LogP contribution in [0.15, 0.2) is 4.99 Å². The molecule has 1 N–H and O–H groups in total. The second-order valence-electron chi connectivity index (χ2n) is 7.68. The van der Waals surface area contributed by atoms with Crippen molar-refractivity contribution in [3.8, 4) is 0 Å². The van der Waals surface area contributed by atoms with E-state index >= 15 is 0 Å². The molecule has 8 heteroatoms. The Kier molecular flexibility index (Phi) is 9.63. The predicted molar refractivity (Wildman–Crippen MR) is 120 cm³/mol. The Bertz CT molecular complexity index is 556. The summed E-state index contributed by atoms with van der Waals surface area (Å²) < 4.78 is 24.8. The quantitative estimate of drug-likeness (QED) is 0.346. The first-order chi connectivity index (χ1) is 11.8. The highest BCUT2D eigenvalue weighted by Crippen LogP contribution is 2.36. The fourth-order valence-electron chi connectivity index (χ4n) is 4.01. The lowest BCUT2D eigenvalue weighted by Crippen LogP contribution is -2.42. The van der Waals surface area contributed by atoms with Crippen LogP contribution in [0, 0.1) is 11.3 Å². The van der Waals surface area contributed by atoms with E-state index in [1.54, 1.807) is 4.31 Å². The second kappa shape index (κ2) is 10.5. The van der Waals surface area contributed by atoms with Gasteiger partial charge in [-0.15, -0.1) is 24.0 Å². The van der Waals surface area contributed by atoms with Gasteiger partial charge >= 0.3 is 0 Å². The third-order valence-corrected chi connectivity index (χ3v) is 7.42. The molecule has 0 aliphatic carbocycles. The largest absolute Gasteiger partial charge is 0.357 e. The zero-order valence-electron chi connectivity index (χ0n) is 16.8. The number of halogens is 1. The predicted octanol–water partition coefficient (Wildman–Crippen LogP) is 2.75. The first-order valence-corrected chi connectivity index (χ1v) is 11.7. The average Bonchev–Trinajstić information content (AvgIpc) is 3.03. The molecule has 2 aliphatic heterocycles. The molecule has 0 radical (unpaired) electrons. The number of nitrogens with one attached hydrogen (secondary N) is 1. The van der Waals surface area contributed by atoms with Crippen LogP contribution in [0.25, 0.3) is 0 Å². The van der Waals surface area contributed by atoms with E-state index in [2.05, 4.69) is 31.0 Å². The van der Waals surface area contributed by atoms with Gasteiger partial charge < -0.3 is 10.2 Å². The van der Waals surface area contributed by atoms with Crippen LogP contribution in [0.4, 0.5) is 0 Å². The van der Waals surface area contributed by atoms with Crippen molar-refractivity contribution in [1.82, 2.24) is 14.5 Å². The maximum atomic E-state index is 11.6. The molecule has 6 nitrogen and oxygen atoms in total. The Morgan fingerprint density at radius 2 is 1.77 bits per heavy atom. The smallest absolute Gasteiger partial charge is 0.211 e. The Morgan fingerprint density at radius 3 is 2.23 bits per heavy atom. The van der Waals surface area contributed by atoms with Gasteiger partial charge in [0.2, 0.25) is 10.0 Å². The third-order valence-electron chi connectivity index (χ3n) is 6.11. The van der Waals surface area contributed by atoms with Crippen molar-refractivity contribution in [1.29, 1.82) is 0 Å². The molecule has 0 atom stereocenters. The average molecular weight is 500 g/mol. The monoisotopic (exact) mass is 500 g/mol. The van der Waals surface area contributed by atoms with Crippen LogP contribution in [0.2, 0.25) is 0 Å². The number of rotatable bonds is 6. The van der Waals surface area contributed by atoms with Crippen LogP contribution in [-0.4, -0.2) is 69.1 Å². The molecular weight excluding hydrogens is 463 g/mol. The second-order valence-corrected chi connectivity index (χ2v) is 9.66. The summed E-state index contributed by atoms with van der Waals surface area (Å²) in [6.07, 6.45) is 6.81. The number of likely N-dealkylation sites (tertiary alicyclic amines) is 1. The highest BCUT2D eigenvalue weighted by atomic mass is 127. The van der Waals surface area contributed by atoms with Gasteiger partial charge in [0.25, 0.3) is 0 Å². The van der Waals surface area contributed by atoms with Crippen LogP contribution in [0.5, 0.6) is 0 Å². The Hall–Kier alpha value is -0.0900. The normalized spacial score (nSPS) is 22.3. The Labute approximate surface area is 177 Å². The molecule has 0 bridgehead atoms. The number of hydrogen-bond donors (Lipinski definition) is 1. The summed E-state index contributed by atoms with van der Waals surface area (Å²) in [6.45, 7) is 11.8. The minimum absolute atomic E-state index is 0. The van der Waals surface area contributed by atoms with Gasteiger partial charge in [0.05, 0.1) is 6.26 Å². The minimum Gasteiger partial charge on any atom is -0.357 e. The molecule has 26 heavy (non-hydrogen) atoms. The van der Waals surface area contributed by atoms with Crippen LogP contribution < -0.4 is 5.32 Å². The molecule has 2 heterocycles. The lowest BCUT2D eigenvalue weighted by atomic mass is 9.82. The molecule has 2 fully saturated rings. The van der Waals surface area contributed by atoms with E-state index in [0.717, 1.165) is 45.0 Å². The highest BCUT2D eigenvalue weighted by Gasteiger charge is 2.36. The number of guanidine groups is 1. The molecule has 0 saturated carbocycles. The van der Waals surface area contributed by atoms with E-state index in [-0.39, 0.29) is 24.0 Å². The van der Waals surface area contributed by atoms with Gasteiger partial charge in [0.1, 0.15) is 0 Å². The van der Waals surface area contributed by atoms with Crippen molar-refractivity contribution < 1.29 is 8.42 Å². The number of hydrogen-bond acceptors (Lipinski definition) is 3. The Morgan fingerprint density at radius 1 is 1.15 bits per heavy atom. The SMILES string of the molecule is CCNC(=NCC1CCN(S(C)(=O)=O)CC1)N1CCC(CC)(CC)C1.I. The topological polar surface area (TPSA) is 65.0 Å². The van der Waals surface area contributed by atoms with E-state index in [0.29, 0.717) is 24.4 Å². The third kappa shape index (κ3) is 6.22. The maximum Gasteiger partial charge on any atom is 0.211 e. The van der Waals surface area contributed by atoms with Gasteiger partial charge in [-0.3, -0.25) is 4.99 Å². The molecule has 2 saturated heterocycles. The number of aliphatic imine (C=N–C) groups is 1. The van der Waals surface area contributed by atoms with E-state index in [1.165, 1.54) is 25.5 Å². The Balaban J connectivity index is 0.00000338. The van der Waals surface area contributed by atoms with Crippen molar-refractivity contribution in [2.24, 2.45) is 16.3 Å². The molecule has 2 aliphatic rings. The lowest BCUT2D eigenvalue weighted by Gasteiger charge is -2.30. The fraction of sp³-hybridized carbons (Fsp3) is 0.944. The van der Waals surface area contributed by atoms with Gasteiger partial charge in [-0.1, -0.05) is 13.8 Å². The summed E-state index contributed by atoms with van der Waals surface area (Å²) in [6, 6.07) is 0. The van der Waals surface area contributed by atoms with Crippen molar-refractivity contribution in [2.75, 3.05) is 45.5 Å². The summed E-state index contributed by atoms with van der Waals surface area (Å²) in [5.74, 6) is 1.52. The maximum absolute atomic E-state index is 11.6. The van der Waals surface area contributed by atoms with E-state index in [1.807, 2.05) is 0 Å². The first kappa shape index (κ1) is 23.9. The van der Waals surface area contributed by atoms with Crippen LogP contribution in [0.1, 0.15) is 52.9 Å². The van der Waals surface area contributed by atoms with Crippen molar-refractivity contribution in [3.05, 3.63) is 0 Å². The zero-order chi connectivity index (χ0) is 18.5. The van der Waals surface area contributed by atoms with Crippen LogP contribution in [-0.2, 0) is 10.0 Å².